The van der Waals surface area contributed by atoms with Crippen LogP contribution in [0.25, 0.3) is 0 Å². The van der Waals surface area contributed by atoms with Crippen molar-refractivity contribution in [3.05, 3.63) is 83.3 Å². The molecule has 0 fully saturated rings. The molecule has 0 radical (unpaired) electrons. The Balaban J connectivity index is 1.98. The van der Waals surface area contributed by atoms with Crippen molar-refractivity contribution in [1.29, 1.82) is 0 Å². The first-order valence-corrected chi connectivity index (χ1v) is 14.6. The minimum atomic E-state index is -2.50. The SMILES string of the molecule is CCCCS/C=C1\CC(O[Si](c2ccccc2)(c2ccccc2)C(C)(C)C)CC=C1C. The highest BCUT2D eigenvalue weighted by Gasteiger charge is 2.51. The van der Waals surface area contributed by atoms with Gasteiger partial charge in [0.05, 0.1) is 6.10 Å². The van der Waals surface area contributed by atoms with E-state index in [2.05, 4.69) is 107 Å². The molecule has 1 unspecified atom stereocenters. The van der Waals surface area contributed by atoms with E-state index in [0.29, 0.717) is 0 Å². The van der Waals surface area contributed by atoms with Crippen molar-refractivity contribution >= 4 is 30.5 Å². The van der Waals surface area contributed by atoms with Crippen LogP contribution in [-0.2, 0) is 4.43 Å². The maximum absolute atomic E-state index is 7.37. The second-order valence-corrected chi connectivity index (χ2v) is 14.8. The second kappa shape index (κ2) is 10.8. The topological polar surface area (TPSA) is 9.23 Å². The molecule has 0 spiro atoms. The van der Waals surface area contributed by atoms with Crippen LogP contribution in [0, 0.1) is 0 Å². The lowest BCUT2D eigenvalue weighted by Crippen LogP contribution is -2.67. The van der Waals surface area contributed by atoms with Gasteiger partial charge in [0.25, 0.3) is 8.32 Å². The molecular weight excluding hydrogens is 412 g/mol. The number of allylic oxidation sites excluding steroid dienone is 1. The predicted molar refractivity (Wildman–Crippen MR) is 141 cm³/mol. The van der Waals surface area contributed by atoms with Crippen LogP contribution in [0.5, 0.6) is 0 Å². The third-order valence-corrected chi connectivity index (χ3v) is 12.3. The van der Waals surface area contributed by atoms with Gasteiger partial charge in [-0.2, -0.15) is 0 Å². The van der Waals surface area contributed by atoms with Gasteiger partial charge in [-0.25, -0.2) is 0 Å². The molecule has 0 saturated carbocycles. The van der Waals surface area contributed by atoms with E-state index in [1.54, 1.807) is 0 Å². The van der Waals surface area contributed by atoms with Crippen LogP contribution in [0.1, 0.15) is 60.3 Å². The Morgan fingerprint density at radius 2 is 1.58 bits per heavy atom. The van der Waals surface area contributed by atoms with Gasteiger partial charge in [-0.3, -0.25) is 0 Å². The Bertz CT molecular complexity index is 841. The van der Waals surface area contributed by atoms with E-state index < -0.39 is 8.32 Å². The summed E-state index contributed by atoms with van der Waals surface area (Å²) in [5.74, 6) is 1.20. The highest BCUT2D eigenvalue weighted by molar-refractivity contribution is 8.02. The highest BCUT2D eigenvalue weighted by Crippen LogP contribution is 2.40. The van der Waals surface area contributed by atoms with Crippen molar-refractivity contribution in [3.63, 3.8) is 0 Å². The molecule has 1 aliphatic carbocycles. The predicted octanol–water partition coefficient (Wildman–Crippen LogP) is 7.09. The summed E-state index contributed by atoms with van der Waals surface area (Å²) in [6, 6.07) is 22.0. The molecule has 0 N–H and O–H groups in total. The minimum Gasteiger partial charge on any atom is -0.404 e. The summed E-state index contributed by atoms with van der Waals surface area (Å²) in [6.45, 7) is 11.6. The third kappa shape index (κ3) is 5.63. The highest BCUT2D eigenvalue weighted by atomic mass is 32.2. The summed E-state index contributed by atoms with van der Waals surface area (Å²) < 4.78 is 7.37. The first kappa shape index (κ1) is 24.1. The van der Waals surface area contributed by atoms with E-state index in [-0.39, 0.29) is 11.1 Å². The zero-order valence-electron chi connectivity index (χ0n) is 19.9. The first-order chi connectivity index (χ1) is 14.9. The molecule has 31 heavy (non-hydrogen) atoms. The van der Waals surface area contributed by atoms with Gasteiger partial charge in [0, 0.05) is 0 Å². The van der Waals surface area contributed by atoms with E-state index in [4.69, 9.17) is 4.43 Å². The van der Waals surface area contributed by atoms with Crippen LogP contribution in [0.15, 0.2) is 83.3 Å². The first-order valence-electron chi connectivity index (χ1n) is 11.6. The van der Waals surface area contributed by atoms with Gasteiger partial charge in [0.15, 0.2) is 0 Å². The molecule has 1 nitrogen and oxygen atoms in total. The van der Waals surface area contributed by atoms with Crippen molar-refractivity contribution in [1.82, 2.24) is 0 Å². The average molecular weight is 451 g/mol. The maximum atomic E-state index is 7.37. The Morgan fingerprint density at radius 1 is 1.00 bits per heavy atom. The quantitative estimate of drug-likeness (QED) is 0.314. The fourth-order valence-electron chi connectivity index (χ4n) is 4.49. The maximum Gasteiger partial charge on any atom is 0.261 e. The Kier molecular flexibility index (Phi) is 8.43. The number of unbranched alkanes of at least 4 members (excludes halogenated alkanes) is 1. The molecule has 3 rings (SSSR count). The molecule has 2 aromatic rings. The van der Waals surface area contributed by atoms with Crippen molar-refractivity contribution < 1.29 is 4.43 Å². The van der Waals surface area contributed by atoms with Crippen LogP contribution in [0.4, 0.5) is 0 Å². The summed E-state index contributed by atoms with van der Waals surface area (Å²) in [5, 5.41) is 5.14. The van der Waals surface area contributed by atoms with E-state index in [9.17, 15) is 0 Å². The lowest BCUT2D eigenvalue weighted by molar-refractivity contribution is 0.187. The van der Waals surface area contributed by atoms with Crippen LogP contribution in [0.2, 0.25) is 5.04 Å². The zero-order chi connectivity index (χ0) is 22.3. The van der Waals surface area contributed by atoms with Gasteiger partial charge in [-0.05, 0) is 58.3 Å². The molecule has 1 atom stereocenters. The number of thioether (sulfide) groups is 1. The normalized spacial score (nSPS) is 18.8. The van der Waals surface area contributed by atoms with Gasteiger partial charge in [-0.15, -0.1) is 11.8 Å². The molecule has 1 aliphatic rings. The molecule has 0 amide bonds. The summed E-state index contributed by atoms with van der Waals surface area (Å²) in [5.41, 5.74) is 2.88. The van der Waals surface area contributed by atoms with E-state index in [1.807, 2.05) is 11.8 Å². The smallest absolute Gasteiger partial charge is 0.261 e. The minimum absolute atomic E-state index is 0.0195. The molecule has 0 saturated heterocycles. The van der Waals surface area contributed by atoms with E-state index in [0.717, 1.165) is 12.8 Å². The average Bonchev–Trinajstić information content (AvgIpc) is 2.77. The lowest BCUT2D eigenvalue weighted by atomic mass is 9.94. The van der Waals surface area contributed by atoms with Crippen LogP contribution in [0.3, 0.4) is 0 Å². The molecule has 0 heterocycles. The van der Waals surface area contributed by atoms with Gasteiger partial charge in [0.1, 0.15) is 0 Å². The third-order valence-electron chi connectivity index (χ3n) is 6.24. The fourth-order valence-corrected chi connectivity index (χ4v) is 10.2. The molecule has 3 heteroatoms. The Labute approximate surface area is 195 Å². The van der Waals surface area contributed by atoms with Crippen molar-refractivity contribution in [2.24, 2.45) is 0 Å². The molecule has 166 valence electrons. The van der Waals surface area contributed by atoms with Crippen LogP contribution < -0.4 is 10.4 Å². The van der Waals surface area contributed by atoms with E-state index >= 15 is 0 Å². The summed E-state index contributed by atoms with van der Waals surface area (Å²) >= 11 is 1.96. The second-order valence-electron chi connectivity index (χ2n) is 9.60. The molecule has 0 aromatic heterocycles. The molecule has 2 aromatic carbocycles. The lowest BCUT2D eigenvalue weighted by Gasteiger charge is -2.45. The molecular formula is C28H38OSSi. The van der Waals surface area contributed by atoms with Gasteiger partial charge in [-0.1, -0.05) is 106 Å². The monoisotopic (exact) mass is 450 g/mol. The van der Waals surface area contributed by atoms with Crippen LogP contribution in [-0.4, -0.2) is 20.2 Å². The summed E-state index contributed by atoms with van der Waals surface area (Å²) in [4.78, 5) is 0. The largest absolute Gasteiger partial charge is 0.404 e. The Hall–Kier alpha value is -1.55. The zero-order valence-corrected chi connectivity index (χ0v) is 21.7. The van der Waals surface area contributed by atoms with Crippen molar-refractivity contribution in [2.45, 2.75) is 71.4 Å². The van der Waals surface area contributed by atoms with E-state index in [1.165, 1.54) is 40.1 Å². The van der Waals surface area contributed by atoms with Gasteiger partial charge in [0.2, 0.25) is 0 Å². The number of benzene rings is 2. The van der Waals surface area contributed by atoms with Crippen molar-refractivity contribution in [2.75, 3.05) is 5.75 Å². The Morgan fingerprint density at radius 3 is 2.10 bits per heavy atom. The standard InChI is InChI=1S/C28H38OSSi/c1-6-7-20-30-22-24-21-25(19-18-23(24)2)29-31(28(3,4)5,26-14-10-8-11-15-26)27-16-12-9-13-17-27/h8-18,22,25H,6-7,19-21H2,1-5H3/b24-22+. The number of hydrogen-bond acceptors (Lipinski definition) is 2. The molecule has 0 bridgehead atoms. The van der Waals surface area contributed by atoms with Gasteiger partial charge < -0.3 is 4.43 Å². The summed E-state index contributed by atoms with van der Waals surface area (Å²) in [7, 11) is -2.50. The number of rotatable bonds is 8. The summed E-state index contributed by atoms with van der Waals surface area (Å²) in [6.07, 6.45) is 7.13. The fraction of sp³-hybridized carbons (Fsp3) is 0.429. The van der Waals surface area contributed by atoms with Crippen molar-refractivity contribution in [3.8, 4) is 0 Å². The van der Waals surface area contributed by atoms with Crippen LogP contribution >= 0.6 is 11.8 Å². The molecule has 0 aliphatic heterocycles. The number of hydrogen-bond donors (Lipinski definition) is 0. The van der Waals surface area contributed by atoms with Gasteiger partial charge >= 0.3 is 0 Å².